The number of nitrogens with two attached hydrogens (primary N) is 1. The summed E-state index contributed by atoms with van der Waals surface area (Å²) in [7, 11) is 0. The van der Waals surface area contributed by atoms with Gasteiger partial charge in [-0.15, -0.1) is 0 Å². The van der Waals surface area contributed by atoms with Crippen molar-refractivity contribution in [2.24, 2.45) is 11.7 Å². The molecule has 1 aliphatic carbocycles. The van der Waals surface area contributed by atoms with Crippen molar-refractivity contribution >= 4 is 17.2 Å². The second kappa shape index (κ2) is 5.85. The minimum atomic E-state index is -0.353. The highest BCUT2D eigenvalue weighted by Gasteiger charge is 2.35. The number of amides is 1. The van der Waals surface area contributed by atoms with Crippen LogP contribution < -0.4 is 5.73 Å². The lowest BCUT2D eigenvalue weighted by molar-refractivity contribution is -0.135. The summed E-state index contributed by atoms with van der Waals surface area (Å²) in [5, 5.41) is 4.16. The lowest BCUT2D eigenvalue weighted by Gasteiger charge is -2.28. The fraction of sp³-hybridized carbons (Fsp3) is 0.643. The van der Waals surface area contributed by atoms with Gasteiger partial charge in [-0.25, -0.2) is 0 Å². The number of hydrogen-bond donors (Lipinski definition) is 1. The smallest absolute Gasteiger partial charge is 0.240 e. The summed E-state index contributed by atoms with van der Waals surface area (Å²) < 4.78 is 0. The minimum absolute atomic E-state index is 0.123. The second-order valence-electron chi connectivity index (χ2n) is 5.24. The van der Waals surface area contributed by atoms with Gasteiger partial charge in [0.25, 0.3) is 0 Å². The molecule has 2 rings (SSSR count). The van der Waals surface area contributed by atoms with E-state index in [0.29, 0.717) is 6.04 Å². The fourth-order valence-electron chi connectivity index (χ4n) is 2.04. The van der Waals surface area contributed by atoms with Crippen LogP contribution in [0.5, 0.6) is 0 Å². The Morgan fingerprint density at radius 3 is 2.83 bits per heavy atom. The largest absolute Gasteiger partial charge is 0.334 e. The van der Waals surface area contributed by atoms with E-state index in [-0.39, 0.29) is 17.9 Å². The van der Waals surface area contributed by atoms with Crippen LogP contribution in [0.25, 0.3) is 0 Å². The molecule has 100 valence electrons. The number of thiophene rings is 1. The first-order chi connectivity index (χ1) is 8.63. The summed E-state index contributed by atoms with van der Waals surface area (Å²) in [6.45, 7) is 4.85. The topological polar surface area (TPSA) is 46.3 Å². The predicted molar refractivity (Wildman–Crippen MR) is 75.3 cm³/mol. The van der Waals surface area contributed by atoms with E-state index < -0.39 is 0 Å². The third-order valence-electron chi connectivity index (χ3n) is 3.75. The van der Waals surface area contributed by atoms with Crippen molar-refractivity contribution in [2.45, 2.75) is 51.7 Å². The minimum Gasteiger partial charge on any atom is -0.334 e. The number of rotatable bonds is 6. The number of nitrogens with zero attached hydrogens (tertiary/aromatic N) is 1. The molecule has 1 fully saturated rings. The van der Waals surface area contributed by atoms with Crippen LogP contribution in [0.1, 0.15) is 38.7 Å². The molecule has 2 atom stereocenters. The molecule has 2 N–H and O–H groups in total. The van der Waals surface area contributed by atoms with Crippen molar-refractivity contribution in [1.29, 1.82) is 0 Å². The molecule has 1 aliphatic rings. The molecule has 3 nitrogen and oxygen atoms in total. The van der Waals surface area contributed by atoms with Gasteiger partial charge in [0.05, 0.1) is 6.04 Å². The van der Waals surface area contributed by atoms with E-state index in [4.69, 9.17) is 5.73 Å². The van der Waals surface area contributed by atoms with Gasteiger partial charge in [0, 0.05) is 12.6 Å². The Morgan fingerprint density at radius 1 is 1.61 bits per heavy atom. The Morgan fingerprint density at radius 2 is 2.33 bits per heavy atom. The molecule has 0 radical (unpaired) electrons. The highest BCUT2D eigenvalue weighted by atomic mass is 32.1. The third-order valence-corrected chi connectivity index (χ3v) is 4.48. The molecule has 1 heterocycles. The van der Waals surface area contributed by atoms with Gasteiger partial charge < -0.3 is 10.6 Å². The summed E-state index contributed by atoms with van der Waals surface area (Å²) in [6.07, 6.45) is 3.20. The molecule has 0 aliphatic heterocycles. The Kier molecular flexibility index (Phi) is 4.40. The summed E-state index contributed by atoms with van der Waals surface area (Å²) in [5.41, 5.74) is 7.30. The van der Waals surface area contributed by atoms with E-state index in [9.17, 15) is 4.79 Å². The van der Waals surface area contributed by atoms with Gasteiger partial charge in [0.15, 0.2) is 0 Å². The maximum Gasteiger partial charge on any atom is 0.240 e. The monoisotopic (exact) mass is 266 g/mol. The van der Waals surface area contributed by atoms with Crippen molar-refractivity contribution in [2.75, 3.05) is 0 Å². The van der Waals surface area contributed by atoms with Crippen LogP contribution in [-0.4, -0.2) is 22.9 Å². The predicted octanol–water partition coefficient (Wildman–Crippen LogP) is 2.61. The Labute approximate surface area is 113 Å². The number of carbonyl (C=O) groups excluding carboxylic acids is 1. The van der Waals surface area contributed by atoms with Crippen molar-refractivity contribution in [3.05, 3.63) is 22.4 Å². The Hall–Kier alpha value is -0.870. The normalized spacial score (nSPS) is 18.4. The molecule has 18 heavy (non-hydrogen) atoms. The number of hydrogen-bond acceptors (Lipinski definition) is 3. The zero-order valence-electron chi connectivity index (χ0n) is 11.1. The molecule has 0 spiro atoms. The Balaban J connectivity index is 2.03. The van der Waals surface area contributed by atoms with Crippen LogP contribution in [0, 0.1) is 5.92 Å². The van der Waals surface area contributed by atoms with Crippen molar-refractivity contribution in [3.8, 4) is 0 Å². The highest BCUT2D eigenvalue weighted by Crippen LogP contribution is 2.30. The van der Waals surface area contributed by atoms with Gasteiger partial charge in [-0.05, 0) is 41.1 Å². The van der Waals surface area contributed by atoms with Crippen molar-refractivity contribution in [1.82, 2.24) is 4.90 Å². The van der Waals surface area contributed by atoms with Gasteiger partial charge in [-0.3, -0.25) is 4.79 Å². The average molecular weight is 266 g/mol. The second-order valence-corrected chi connectivity index (χ2v) is 6.02. The first kappa shape index (κ1) is 13.6. The molecule has 1 amide bonds. The first-order valence-corrected chi connectivity index (χ1v) is 7.65. The van der Waals surface area contributed by atoms with Gasteiger partial charge in [0.1, 0.15) is 0 Å². The standard InChI is InChI=1S/C14H22N2OS/c1-3-10(2)13(15)14(17)16(12-4-5-12)8-11-6-7-18-9-11/h6-7,9-10,12-13H,3-5,8,15H2,1-2H3/t10-,13-/m0/s1. The van der Waals surface area contributed by atoms with E-state index in [1.807, 2.05) is 4.90 Å². The first-order valence-electron chi connectivity index (χ1n) is 6.70. The quantitative estimate of drug-likeness (QED) is 0.860. The molecule has 0 unspecified atom stereocenters. The molecule has 1 aromatic rings. The van der Waals surface area contributed by atoms with E-state index in [0.717, 1.165) is 25.8 Å². The van der Waals surface area contributed by atoms with Crippen LogP contribution >= 0.6 is 11.3 Å². The van der Waals surface area contributed by atoms with E-state index >= 15 is 0 Å². The van der Waals surface area contributed by atoms with Crippen LogP contribution in [0.4, 0.5) is 0 Å². The van der Waals surface area contributed by atoms with Crippen molar-refractivity contribution < 1.29 is 4.79 Å². The lowest BCUT2D eigenvalue weighted by Crippen LogP contribution is -2.47. The van der Waals surface area contributed by atoms with Crippen molar-refractivity contribution in [3.63, 3.8) is 0 Å². The van der Waals surface area contributed by atoms with Gasteiger partial charge in [0.2, 0.25) is 5.91 Å². The lowest BCUT2D eigenvalue weighted by atomic mass is 9.98. The molecule has 1 saturated carbocycles. The summed E-state index contributed by atoms with van der Waals surface area (Å²) in [5.74, 6) is 0.374. The zero-order chi connectivity index (χ0) is 13.1. The molecule has 4 heteroatoms. The van der Waals surface area contributed by atoms with Gasteiger partial charge in [-0.1, -0.05) is 20.3 Å². The highest BCUT2D eigenvalue weighted by molar-refractivity contribution is 7.07. The van der Waals surface area contributed by atoms with Crippen LogP contribution in [-0.2, 0) is 11.3 Å². The molecule has 0 saturated heterocycles. The van der Waals surface area contributed by atoms with E-state index in [1.54, 1.807) is 11.3 Å². The average Bonchev–Trinajstić information content (AvgIpc) is 3.10. The molecule has 1 aromatic heterocycles. The number of carbonyl (C=O) groups is 1. The molecule has 0 bridgehead atoms. The maximum atomic E-state index is 12.5. The SMILES string of the molecule is CC[C@H](C)[C@H](N)C(=O)N(Cc1ccsc1)C1CC1. The third kappa shape index (κ3) is 3.12. The summed E-state index contributed by atoms with van der Waals surface area (Å²) in [6, 6.07) is 2.16. The van der Waals surface area contributed by atoms with E-state index in [1.165, 1.54) is 5.56 Å². The molecule has 0 aromatic carbocycles. The Bertz CT molecular complexity index is 387. The van der Waals surface area contributed by atoms with Crippen LogP contribution in [0.3, 0.4) is 0 Å². The molecular weight excluding hydrogens is 244 g/mol. The van der Waals surface area contributed by atoms with Crippen LogP contribution in [0.2, 0.25) is 0 Å². The van der Waals surface area contributed by atoms with E-state index in [2.05, 4.69) is 30.7 Å². The fourth-order valence-corrected chi connectivity index (χ4v) is 2.70. The van der Waals surface area contributed by atoms with Crippen LogP contribution in [0.15, 0.2) is 16.8 Å². The maximum absolute atomic E-state index is 12.5. The van der Waals surface area contributed by atoms with Gasteiger partial charge in [-0.2, -0.15) is 11.3 Å². The molecular formula is C14H22N2OS. The zero-order valence-corrected chi connectivity index (χ0v) is 12.0. The van der Waals surface area contributed by atoms with Gasteiger partial charge >= 0.3 is 0 Å². The summed E-state index contributed by atoms with van der Waals surface area (Å²) in [4.78, 5) is 14.4. The summed E-state index contributed by atoms with van der Waals surface area (Å²) >= 11 is 1.68.